The monoisotopic (exact) mass is 371 g/mol. The first-order valence-corrected chi connectivity index (χ1v) is 8.79. The molecular formula is C20H18ClNO4. The number of carbonyl (C=O) groups excluding carboxylic acids is 3. The maximum Gasteiger partial charge on any atom is 0.261 e. The van der Waals surface area contributed by atoms with Gasteiger partial charge < -0.3 is 4.74 Å². The van der Waals surface area contributed by atoms with Crippen LogP contribution in [-0.4, -0.2) is 41.0 Å². The van der Waals surface area contributed by atoms with Gasteiger partial charge >= 0.3 is 0 Å². The lowest BCUT2D eigenvalue weighted by Crippen LogP contribution is -2.31. The molecule has 2 aromatic carbocycles. The highest BCUT2D eigenvalue weighted by atomic mass is 35.5. The molecule has 0 aliphatic carbocycles. The summed E-state index contributed by atoms with van der Waals surface area (Å²) in [5.74, 6) is -0.151. The van der Waals surface area contributed by atoms with E-state index in [4.69, 9.17) is 16.3 Å². The maximum atomic E-state index is 12.3. The van der Waals surface area contributed by atoms with Gasteiger partial charge in [0.2, 0.25) is 0 Å². The summed E-state index contributed by atoms with van der Waals surface area (Å²) in [5, 5.41) is -0.598. The molecule has 2 aromatic rings. The van der Waals surface area contributed by atoms with Gasteiger partial charge in [0.25, 0.3) is 11.8 Å². The summed E-state index contributed by atoms with van der Waals surface area (Å²) in [6, 6.07) is 13.6. The molecule has 0 saturated carbocycles. The van der Waals surface area contributed by atoms with Gasteiger partial charge in [-0.25, -0.2) is 0 Å². The molecule has 5 nitrogen and oxygen atoms in total. The zero-order valence-electron chi connectivity index (χ0n) is 14.3. The second-order valence-electron chi connectivity index (χ2n) is 6.02. The molecule has 0 N–H and O–H groups in total. The van der Waals surface area contributed by atoms with Crippen LogP contribution in [0.2, 0.25) is 0 Å². The Balaban J connectivity index is 1.54. The van der Waals surface area contributed by atoms with Crippen LogP contribution in [0.5, 0.6) is 5.75 Å². The first-order chi connectivity index (χ1) is 12.5. The number of alkyl halides is 1. The molecule has 0 spiro atoms. The van der Waals surface area contributed by atoms with Crippen LogP contribution in [0.25, 0.3) is 0 Å². The fourth-order valence-corrected chi connectivity index (χ4v) is 2.95. The number of benzene rings is 2. The molecule has 0 fully saturated rings. The highest BCUT2D eigenvalue weighted by Crippen LogP contribution is 2.22. The normalized spacial score (nSPS) is 14.3. The summed E-state index contributed by atoms with van der Waals surface area (Å²) in [4.78, 5) is 37.7. The van der Waals surface area contributed by atoms with Crippen molar-refractivity contribution in [3.63, 3.8) is 0 Å². The van der Waals surface area contributed by atoms with Gasteiger partial charge in [0.1, 0.15) is 5.75 Å². The number of hydrogen-bond donors (Lipinski definition) is 0. The molecule has 0 saturated heterocycles. The second-order valence-corrected chi connectivity index (χ2v) is 6.67. The fourth-order valence-electron chi connectivity index (χ4n) is 2.82. The minimum atomic E-state index is -0.598. The third-order valence-electron chi connectivity index (χ3n) is 4.15. The molecule has 0 radical (unpaired) electrons. The molecule has 26 heavy (non-hydrogen) atoms. The SMILES string of the molecule is CC(Cl)C(=O)c1cccc(OCCCN2C(=O)c3ccccc3C2=O)c1. The summed E-state index contributed by atoms with van der Waals surface area (Å²) in [6.45, 7) is 2.23. The average Bonchev–Trinajstić information content (AvgIpc) is 2.89. The molecule has 3 rings (SSSR count). The van der Waals surface area contributed by atoms with Crippen molar-refractivity contribution in [2.75, 3.05) is 13.2 Å². The summed E-state index contributed by atoms with van der Waals surface area (Å²) < 4.78 is 5.64. The summed E-state index contributed by atoms with van der Waals surface area (Å²) in [5.41, 5.74) is 1.38. The number of Topliss-reactive ketones (excluding diaryl/α,β-unsaturated/α-hetero) is 1. The van der Waals surface area contributed by atoms with Gasteiger partial charge in [0, 0.05) is 12.1 Å². The summed E-state index contributed by atoms with van der Waals surface area (Å²) >= 11 is 5.82. The van der Waals surface area contributed by atoms with E-state index >= 15 is 0 Å². The van der Waals surface area contributed by atoms with Crippen LogP contribution in [0, 0.1) is 0 Å². The average molecular weight is 372 g/mol. The van der Waals surface area contributed by atoms with Crippen LogP contribution in [0.3, 0.4) is 0 Å². The lowest BCUT2D eigenvalue weighted by atomic mass is 10.1. The van der Waals surface area contributed by atoms with Gasteiger partial charge in [-0.15, -0.1) is 11.6 Å². The van der Waals surface area contributed by atoms with Gasteiger partial charge in [0.15, 0.2) is 5.78 Å². The third-order valence-corrected chi connectivity index (χ3v) is 4.35. The van der Waals surface area contributed by atoms with Crippen LogP contribution in [-0.2, 0) is 0 Å². The van der Waals surface area contributed by atoms with Crippen molar-refractivity contribution in [1.29, 1.82) is 0 Å². The topological polar surface area (TPSA) is 63.7 Å². The number of nitrogens with zero attached hydrogens (tertiary/aromatic N) is 1. The molecule has 0 aromatic heterocycles. The van der Waals surface area contributed by atoms with E-state index in [0.717, 1.165) is 0 Å². The number of imide groups is 1. The van der Waals surface area contributed by atoms with Crippen molar-refractivity contribution < 1.29 is 19.1 Å². The number of halogens is 1. The Kier molecular flexibility index (Phi) is 5.38. The van der Waals surface area contributed by atoms with Crippen molar-refractivity contribution >= 4 is 29.2 Å². The molecular weight excluding hydrogens is 354 g/mol. The summed E-state index contributed by atoms with van der Waals surface area (Å²) in [7, 11) is 0. The Hall–Kier alpha value is -2.66. The van der Waals surface area contributed by atoms with E-state index in [0.29, 0.717) is 35.5 Å². The number of rotatable bonds is 7. The van der Waals surface area contributed by atoms with E-state index in [1.54, 1.807) is 55.5 Å². The molecule has 1 atom stereocenters. The predicted molar refractivity (Wildman–Crippen MR) is 98.0 cm³/mol. The standard InChI is InChI=1S/C20H18ClNO4/c1-13(21)18(23)14-6-4-7-15(12-14)26-11-5-10-22-19(24)16-8-2-3-9-17(16)20(22)25/h2-4,6-9,12-13H,5,10-11H2,1H3. The molecule has 1 unspecified atom stereocenters. The van der Waals surface area contributed by atoms with E-state index in [2.05, 4.69) is 0 Å². The third kappa shape index (κ3) is 3.63. The van der Waals surface area contributed by atoms with Gasteiger partial charge in [-0.2, -0.15) is 0 Å². The molecule has 0 bridgehead atoms. The Bertz CT molecular complexity index is 827. The highest BCUT2D eigenvalue weighted by molar-refractivity contribution is 6.33. The predicted octanol–water partition coefficient (Wildman–Crippen LogP) is 3.56. The fraction of sp³-hybridized carbons (Fsp3) is 0.250. The molecule has 1 aliphatic rings. The van der Waals surface area contributed by atoms with Gasteiger partial charge in [-0.3, -0.25) is 19.3 Å². The van der Waals surface area contributed by atoms with E-state index in [1.165, 1.54) is 4.90 Å². The second kappa shape index (κ2) is 7.70. The van der Waals surface area contributed by atoms with Crippen molar-refractivity contribution in [1.82, 2.24) is 4.90 Å². The van der Waals surface area contributed by atoms with E-state index in [-0.39, 0.29) is 24.1 Å². The maximum absolute atomic E-state index is 12.3. The van der Waals surface area contributed by atoms with Crippen LogP contribution < -0.4 is 4.74 Å². The lowest BCUT2D eigenvalue weighted by Gasteiger charge is -2.14. The number of fused-ring (bicyclic) bond motifs is 1. The van der Waals surface area contributed by atoms with Crippen molar-refractivity contribution in [3.05, 3.63) is 65.2 Å². The van der Waals surface area contributed by atoms with Crippen molar-refractivity contribution in [3.8, 4) is 5.75 Å². The number of ether oxygens (including phenoxy) is 1. The largest absolute Gasteiger partial charge is 0.494 e. The highest BCUT2D eigenvalue weighted by Gasteiger charge is 2.34. The zero-order chi connectivity index (χ0) is 18.7. The van der Waals surface area contributed by atoms with Crippen LogP contribution >= 0.6 is 11.6 Å². The Labute approximate surface area is 156 Å². The minimum Gasteiger partial charge on any atom is -0.494 e. The molecule has 1 heterocycles. The van der Waals surface area contributed by atoms with E-state index in [1.807, 2.05) is 0 Å². The number of hydrogen-bond acceptors (Lipinski definition) is 4. The lowest BCUT2D eigenvalue weighted by molar-refractivity contribution is 0.0646. The number of amides is 2. The zero-order valence-corrected chi connectivity index (χ0v) is 15.0. The number of carbonyl (C=O) groups is 3. The molecule has 6 heteroatoms. The van der Waals surface area contributed by atoms with Crippen molar-refractivity contribution in [2.45, 2.75) is 18.7 Å². The van der Waals surface area contributed by atoms with Gasteiger partial charge in [-0.1, -0.05) is 24.3 Å². The first kappa shape index (κ1) is 18.1. The van der Waals surface area contributed by atoms with Crippen LogP contribution in [0.4, 0.5) is 0 Å². The van der Waals surface area contributed by atoms with Gasteiger partial charge in [-0.05, 0) is 37.6 Å². The van der Waals surface area contributed by atoms with Crippen LogP contribution in [0.1, 0.15) is 44.4 Å². The van der Waals surface area contributed by atoms with E-state index in [9.17, 15) is 14.4 Å². The van der Waals surface area contributed by atoms with E-state index < -0.39 is 5.38 Å². The molecule has 1 aliphatic heterocycles. The van der Waals surface area contributed by atoms with Gasteiger partial charge in [0.05, 0.1) is 23.1 Å². The first-order valence-electron chi connectivity index (χ1n) is 8.35. The van der Waals surface area contributed by atoms with Crippen LogP contribution in [0.15, 0.2) is 48.5 Å². The molecule has 134 valence electrons. The minimum absolute atomic E-state index is 0.164. The quantitative estimate of drug-likeness (QED) is 0.323. The number of ketones is 1. The van der Waals surface area contributed by atoms with Crippen molar-refractivity contribution in [2.24, 2.45) is 0 Å². The smallest absolute Gasteiger partial charge is 0.261 e. The Morgan fingerprint density at radius 2 is 1.73 bits per heavy atom. The Morgan fingerprint density at radius 3 is 2.35 bits per heavy atom. The summed E-state index contributed by atoms with van der Waals surface area (Å²) in [6.07, 6.45) is 0.496. The Morgan fingerprint density at radius 1 is 1.08 bits per heavy atom. The molecule has 2 amide bonds.